The number of carbonyl (C=O) groups excluding carboxylic acids is 1. The molecule has 0 saturated heterocycles. The Labute approximate surface area is 111 Å². The van der Waals surface area contributed by atoms with Crippen LogP contribution in [-0.2, 0) is 9.84 Å². The molecule has 0 unspecified atom stereocenters. The first kappa shape index (κ1) is 17.2. The number of rotatable bonds is 7. The minimum atomic E-state index is -3.13. The smallest absolute Gasteiger partial charge is 0.317 e. The maximum absolute atomic E-state index is 11.8. The van der Waals surface area contributed by atoms with Gasteiger partial charge in [0, 0.05) is 25.9 Å². The molecule has 0 aromatic heterocycles. The Morgan fingerprint density at radius 2 is 1.83 bits per heavy atom. The maximum atomic E-state index is 11.8. The highest BCUT2D eigenvalue weighted by Gasteiger charge is 2.27. The Bertz CT molecular complexity index is 354. The molecule has 6 heteroatoms. The average Bonchev–Trinajstić information content (AvgIpc) is 2.30. The van der Waals surface area contributed by atoms with Gasteiger partial charge in [-0.1, -0.05) is 19.8 Å². The molecule has 5 nitrogen and oxygen atoms in total. The van der Waals surface area contributed by atoms with Gasteiger partial charge in [0.05, 0.1) is 5.25 Å². The molecule has 0 fully saturated rings. The lowest BCUT2D eigenvalue weighted by molar-refractivity contribution is 0.193. The molecule has 0 rings (SSSR count). The third kappa shape index (κ3) is 5.71. The van der Waals surface area contributed by atoms with Crippen LogP contribution in [0.3, 0.4) is 0 Å². The molecule has 0 radical (unpaired) electrons. The molecule has 2 amide bonds. The van der Waals surface area contributed by atoms with E-state index in [2.05, 4.69) is 12.2 Å². The summed E-state index contributed by atoms with van der Waals surface area (Å²) >= 11 is 0. The largest absolute Gasteiger partial charge is 0.338 e. The number of hydrogen-bond acceptors (Lipinski definition) is 3. The van der Waals surface area contributed by atoms with Crippen LogP contribution in [-0.4, -0.2) is 50.5 Å². The van der Waals surface area contributed by atoms with E-state index < -0.39 is 15.1 Å². The van der Waals surface area contributed by atoms with E-state index in [4.69, 9.17) is 0 Å². The number of hydrogen-bond donors (Lipinski definition) is 1. The number of urea groups is 1. The topological polar surface area (TPSA) is 66.5 Å². The van der Waals surface area contributed by atoms with Gasteiger partial charge in [0.15, 0.2) is 9.84 Å². The molecular formula is C12H26N2O3S. The van der Waals surface area contributed by atoms with Crippen molar-refractivity contribution in [1.82, 2.24) is 10.2 Å². The van der Waals surface area contributed by atoms with Crippen molar-refractivity contribution in [3.63, 3.8) is 0 Å². The normalized spacial score (nSPS) is 14.9. The monoisotopic (exact) mass is 278 g/mol. The summed E-state index contributed by atoms with van der Waals surface area (Å²) in [5.41, 5.74) is 0. The predicted molar refractivity (Wildman–Crippen MR) is 74.5 cm³/mol. The molecule has 0 aromatic carbocycles. The van der Waals surface area contributed by atoms with Crippen molar-refractivity contribution in [3.8, 4) is 0 Å². The highest BCUT2D eigenvalue weighted by molar-refractivity contribution is 7.91. The molecule has 0 saturated carbocycles. The summed E-state index contributed by atoms with van der Waals surface area (Å²) in [6, 6.07) is -0.555. The van der Waals surface area contributed by atoms with E-state index >= 15 is 0 Å². The summed E-state index contributed by atoms with van der Waals surface area (Å²) in [4.78, 5) is 13.3. The Morgan fingerprint density at radius 1 is 1.28 bits per heavy atom. The molecule has 0 aliphatic rings. The number of unbranched alkanes of at least 4 members (excludes halogenated alkanes) is 2. The minimum absolute atomic E-state index is 0.214. The van der Waals surface area contributed by atoms with Gasteiger partial charge in [0.2, 0.25) is 0 Å². The van der Waals surface area contributed by atoms with Crippen molar-refractivity contribution >= 4 is 15.9 Å². The predicted octanol–water partition coefficient (Wildman–Crippen LogP) is 1.64. The number of amides is 2. The van der Waals surface area contributed by atoms with Crippen molar-refractivity contribution in [2.75, 3.05) is 19.8 Å². The van der Waals surface area contributed by atoms with Crippen LogP contribution < -0.4 is 5.32 Å². The molecule has 2 atom stereocenters. The summed E-state index contributed by atoms with van der Waals surface area (Å²) < 4.78 is 22.9. The first-order chi connectivity index (χ1) is 8.21. The quantitative estimate of drug-likeness (QED) is 0.720. The second kappa shape index (κ2) is 7.61. The van der Waals surface area contributed by atoms with Crippen LogP contribution in [0.15, 0.2) is 0 Å². The van der Waals surface area contributed by atoms with Crippen molar-refractivity contribution in [1.29, 1.82) is 0 Å². The minimum Gasteiger partial charge on any atom is -0.338 e. The van der Waals surface area contributed by atoms with Crippen molar-refractivity contribution in [2.45, 2.75) is 51.3 Å². The standard InChI is InChI=1S/C12H26N2O3S/c1-6-7-8-9-13-12(15)14(4)10(2)11(3)18(5,16)17/h10-11H,6-9H2,1-5H3,(H,13,15)/t10-,11+/m0/s1. The molecule has 0 heterocycles. The van der Waals surface area contributed by atoms with Gasteiger partial charge in [0.25, 0.3) is 0 Å². The second-order valence-electron chi connectivity index (χ2n) is 4.83. The van der Waals surface area contributed by atoms with E-state index in [1.165, 1.54) is 11.2 Å². The summed E-state index contributed by atoms with van der Waals surface area (Å²) in [5, 5.41) is 2.23. The molecule has 18 heavy (non-hydrogen) atoms. The molecule has 0 aliphatic carbocycles. The van der Waals surface area contributed by atoms with Gasteiger partial charge in [-0.25, -0.2) is 13.2 Å². The lowest BCUT2D eigenvalue weighted by Crippen LogP contribution is -2.48. The Kier molecular flexibility index (Phi) is 7.28. The van der Waals surface area contributed by atoms with Crippen LogP contribution >= 0.6 is 0 Å². The van der Waals surface area contributed by atoms with E-state index in [1.807, 2.05) is 0 Å². The van der Waals surface area contributed by atoms with Crippen LogP contribution in [0.2, 0.25) is 0 Å². The van der Waals surface area contributed by atoms with Gasteiger partial charge in [0.1, 0.15) is 0 Å². The van der Waals surface area contributed by atoms with E-state index in [0.29, 0.717) is 6.54 Å². The lowest BCUT2D eigenvalue weighted by Gasteiger charge is -2.29. The number of sulfone groups is 1. The Balaban J connectivity index is 4.29. The van der Waals surface area contributed by atoms with Gasteiger partial charge in [-0.05, 0) is 20.3 Å². The molecule has 0 bridgehead atoms. The highest BCUT2D eigenvalue weighted by Crippen LogP contribution is 2.10. The lowest BCUT2D eigenvalue weighted by atomic mass is 10.2. The first-order valence-corrected chi connectivity index (χ1v) is 8.36. The van der Waals surface area contributed by atoms with E-state index in [9.17, 15) is 13.2 Å². The van der Waals surface area contributed by atoms with Crippen molar-refractivity contribution < 1.29 is 13.2 Å². The summed E-state index contributed by atoms with van der Waals surface area (Å²) in [6.45, 7) is 6.11. The van der Waals surface area contributed by atoms with Crippen LogP contribution in [0.25, 0.3) is 0 Å². The third-order valence-electron chi connectivity index (χ3n) is 3.34. The number of carbonyl (C=O) groups is 1. The fraction of sp³-hybridized carbons (Fsp3) is 0.917. The fourth-order valence-electron chi connectivity index (χ4n) is 1.55. The van der Waals surface area contributed by atoms with Gasteiger partial charge in [-0.15, -0.1) is 0 Å². The zero-order chi connectivity index (χ0) is 14.3. The molecule has 108 valence electrons. The van der Waals surface area contributed by atoms with Crippen LogP contribution in [0.4, 0.5) is 4.79 Å². The number of nitrogens with zero attached hydrogens (tertiary/aromatic N) is 1. The fourth-order valence-corrected chi connectivity index (χ4v) is 2.45. The van der Waals surface area contributed by atoms with Crippen LogP contribution in [0.1, 0.15) is 40.0 Å². The molecule has 1 N–H and O–H groups in total. The molecule has 0 spiro atoms. The van der Waals surface area contributed by atoms with E-state index in [1.54, 1.807) is 20.9 Å². The molecular weight excluding hydrogens is 252 g/mol. The van der Waals surface area contributed by atoms with Gasteiger partial charge < -0.3 is 10.2 Å². The summed E-state index contributed by atoms with van der Waals surface area (Å²) in [6.07, 6.45) is 4.33. The van der Waals surface area contributed by atoms with Crippen LogP contribution in [0.5, 0.6) is 0 Å². The van der Waals surface area contributed by atoms with Gasteiger partial charge >= 0.3 is 6.03 Å². The third-order valence-corrected chi connectivity index (χ3v) is 5.09. The average molecular weight is 278 g/mol. The highest BCUT2D eigenvalue weighted by atomic mass is 32.2. The van der Waals surface area contributed by atoms with E-state index in [-0.39, 0.29) is 12.1 Å². The van der Waals surface area contributed by atoms with E-state index in [0.717, 1.165) is 19.3 Å². The number of nitrogens with one attached hydrogen (secondary N) is 1. The second-order valence-corrected chi connectivity index (χ2v) is 7.23. The Hall–Kier alpha value is -0.780. The maximum Gasteiger partial charge on any atom is 0.317 e. The SMILES string of the molecule is CCCCCNC(=O)N(C)[C@@H](C)[C@@H](C)S(C)(=O)=O. The first-order valence-electron chi connectivity index (χ1n) is 6.41. The Morgan fingerprint density at radius 3 is 2.28 bits per heavy atom. The summed E-state index contributed by atoms with van der Waals surface area (Å²) in [7, 11) is -1.50. The van der Waals surface area contributed by atoms with Gasteiger partial charge in [-0.2, -0.15) is 0 Å². The van der Waals surface area contributed by atoms with Crippen molar-refractivity contribution in [2.24, 2.45) is 0 Å². The zero-order valence-electron chi connectivity index (χ0n) is 12.1. The molecule has 0 aliphatic heterocycles. The van der Waals surface area contributed by atoms with Crippen molar-refractivity contribution in [3.05, 3.63) is 0 Å². The summed E-state index contributed by atoms with van der Waals surface area (Å²) in [5.74, 6) is 0. The van der Waals surface area contributed by atoms with Crippen LogP contribution in [0, 0.1) is 0 Å². The molecule has 0 aromatic rings. The van der Waals surface area contributed by atoms with Gasteiger partial charge in [-0.3, -0.25) is 0 Å². The zero-order valence-corrected chi connectivity index (χ0v) is 12.9.